The number of halogens is 1. The number of nitrogens with one attached hydrogen (secondary N) is 1. The van der Waals surface area contributed by atoms with E-state index in [9.17, 15) is 4.79 Å². The zero-order valence-electron chi connectivity index (χ0n) is 10.9. The van der Waals surface area contributed by atoms with Crippen LogP contribution in [-0.4, -0.2) is 35.5 Å². The maximum Gasteiger partial charge on any atom is 0.321 e. The summed E-state index contributed by atoms with van der Waals surface area (Å²) in [4.78, 5) is 14.2. The summed E-state index contributed by atoms with van der Waals surface area (Å²) >= 11 is 5.45. The molecule has 0 aliphatic carbocycles. The van der Waals surface area contributed by atoms with Crippen LogP contribution in [0.2, 0.25) is 0 Å². The zero-order chi connectivity index (χ0) is 13.9. The number of hydrogen-bond acceptors (Lipinski definition) is 2. The summed E-state index contributed by atoms with van der Waals surface area (Å²) in [5.41, 5.74) is 0.868. The minimum atomic E-state index is -0.00206. The highest BCUT2D eigenvalue weighted by molar-refractivity contribution is 9.10. The molecule has 1 aliphatic heterocycles. The molecular weight excluding hydrogens is 336 g/mol. The third-order valence-electron chi connectivity index (χ3n) is 3.41. The van der Waals surface area contributed by atoms with Crippen molar-refractivity contribution in [2.24, 2.45) is 0 Å². The number of thioether (sulfide) groups is 1. The van der Waals surface area contributed by atoms with Crippen molar-refractivity contribution in [3.05, 3.63) is 40.9 Å². The predicted octanol–water partition coefficient (Wildman–Crippen LogP) is 4.18. The van der Waals surface area contributed by atoms with Crippen molar-refractivity contribution in [2.45, 2.75) is 0 Å². The topological polar surface area (TPSA) is 32.3 Å². The first kappa shape index (κ1) is 13.8. The molecule has 1 aliphatic rings. The summed E-state index contributed by atoms with van der Waals surface area (Å²) < 4.78 is 1.04. The Kier molecular flexibility index (Phi) is 4.17. The smallest absolute Gasteiger partial charge is 0.321 e. The zero-order valence-corrected chi connectivity index (χ0v) is 13.3. The Labute approximate surface area is 130 Å². The van der Waals surface area contributed by atoms with Crippen LogP contribution in [0.25, 0.3) is 10.8 Å². The molecule has 2 aromatic rings. The lowest BCUT2D eigenvalue weighted by Gasteiger charge is -2.26. The van der Waals surface area contributed by atoms with Crippen molar-refractivity contribution in [2.75, 3.05) is 29.9 Å². The van der Waals surface area contributed by atoms with Crippen LogP contribution in [0.3, 0.4) is 0 Å². The van der Waals surface area contributed by atoms with Gasteiger partial charge in [-0.25, -0.2) is 4.79 Å². The van der Waals surface area contributed by atoms with E-state index < -0.39 is 0 Å². The normalized spacial score (nSPS) is 15.3. The summed E-state index contributed by atoms with van der Waals surface area (Å²) in [5.74, 6) is 2.04. The Hall–Kier alpha value is -1.20. The van der Waals surface area contributed by atoms with E-state index in [1.54, 1.807) is 0 Å². The molecule has 1 heterocycles. The van der Waals surface area contributed by atoms with Gasteiger partial charge in [0.1, 0.15) is 0 Å². The third-order valence-corrected chi connectivity index (χ3v) is 5.04. The number of benzene rings is 2. The first-order valence-corrected chi connectivity index (χ1v) is 8.51. The molecule has 5 heteroatoms. The molecule has 0 radical (unpaired) electrons. The van der Waals surface area contributed by atoms with Gasteiger partial charge in [0, 0.05) is 34.5 Å². The van der Waals surface area contributed by atoms with E-state index in [0.29, 0.717) is 0 Å². The van der Waals surface area contributed by atoms with Gasteiger partial charge in [-0.3, -0.25) is 0 Å². The molecule has 1 N–H and O–H groups in total. The van der Waals surface area contributed by atoms with Crippen LogP contribution in [0.15, 0.2) is 40.9 Å². The number of rotatable bonds is 1. The van der Waals surface area contributed by atoms with Gasteiger partial charge in [0.05, 0.1) is 5.69 Å². The second-order valence-corrected chi connectivity index (χ2v) is 6.75. The average molecular weight is 351 g/mol. The number of hydrogen-bond donors (Lipinski definition) is 1. The quantitative estimate of drug-likeness (QED) is 0.836. The number of urea groups is 1. The predicted molar refractivity (Wildman–Crippen MR) is 89.6 cm³/mol. The van der Waals surface area contributed by atoms with E-state index >= 15 is 0 Å². The summed E-state index contributed by atoms with van der Waals surface area (Å²) in [6, 6.07) is 12.0. The fourth-order valence-corrected chi connectivity index (χ4v) is 3.71. The first-order chi connectivity index (χ1) is 9.75. The van der Waals surface area contributed by atoms with Gasteiger partial charge in [0.15, 0.2) is 0 Å². The Balaban J connectivity index is 1.87. The van der Waals surface area contributed by atoms with Gasteiger partial charge in [0.2, 0.25) is 0 Å². The maximum atomic E-state index is 12.3. The van der Waals surface area contributed by atoms with Gasteiger partial charge in [-0.05, 0) is 17.5 Å². The number of amides is 2. The molecule has 104 valence electrons. The summed E-state index contributed by atoms with van der Waals surface area (Å²) in [6.45, 7) is 1.65. The van der Waals surface area contributed by atoms with Crippen molar-refractivity contribution in [3.63, 3.8) is 0 Å². The summed E-state index contributed by atoms with van der Waals surface area (Å²) in [6.07, 6.45) is 0. The van der Waals surface area contributed by atoms with E-state index in [-0.39, 0.29) is 6.03 Å². The number of fused-ring (bicyclic) bond motifs is 1. The lowest BCUT2D eigenvalue weighted by molar-refractivity contribution is 0.217. The van der Waals surface area contributed by atoms with Crippen LogP contribution in [0, 0.1) is 0 Å². The molecule has 1 saturated heterocycles. The average Bonchev–Trinajstić information content (AvgIpc) is 2.51. The van der Waals surface area contributed by atoms with Gasteiger partial charge in [0.25, 0.3) is 0 Å². The minimum Gasteiger partial charge on any atom is -0.323 e. The lowest BCUT2D eigenvalue weighted by atomic mass is 10.1. The monoisotopic (exact) mass is 350 g/mol. The number of carbonyl (C=O) groups is 1. The highest BCUT2D eigenvalue weighted by Gasteiger charge is 2.17. The number of nitrogens with zero attached hydrogens (tertiary/aromatic N) is 1. The number of carbonyl (C=O) groups excluding carboxylic acids is 1. The maximum absolute atomic E-state index is 12.3. The minimum absolute atomic E-state index is 0.00206. The highest BCUT2D eigenvalue weighted by Crippen LogP contribution is 2.30. The number of anilines is 1. The van der Waals surface area contributed by atoms with Crippen LogP contribution in [0.5, 0.6) is 0 Å². The molecule has 0 spiro atoms. The van der Waals surface area contributed by atoms with Crippen LogP contribution in [0.1, 0.15) is 0 Å². The van der Waals surface area contributed by atoms with Crippen molar-refractivity contribution in [1.29, 1.82) is 0 Å². The van der Waals surface area contributed by atoms with E-state index in [1.165, 1.54) is 0 Å². The fourth-order valence-electron chi connectivity index (χ4n) is 2.33. The van der Waals surface area contributed by atoms with Crippen molar-refractivity contribution < 1.29 is 4.79 Å². The SMILES string of the molecule is O=C(Nc1ccc(Br)c2ccccc12)N1CCSCC1. The second-order valence-electron chi connectivity index (χ2n) is 4.67. The van der Waals surface area contributed by atoms with Crippen LogP contribution < -0.4 is 5.32 Å². The Morgan fingerprint density at radius 3 is 2.55 bits per heavy atom. The first-order valence-electron chi connectivity index (χ1n) is 6.56. The van der Waals surface area contributed by atoms with Crippen molar-refractivity contribution >= 4 is 50.2 Å². The van der Waals surface area contributed by atoms with Crippen LogP contribution in [0.4, 0.5) is 10.5 Å². The molecule has 3 nitrogen and oxygen atoms in total. The molecule has 0 unspecified atom stereocenters. The molecule has 2 amide bonds. The molecule has 1 fully saturated rings. The second kappa shape index (κ2) is 6.06. The Morgan fingerprint density at radius 2 is 1.80 bits per heavy atom. The van der Waals surface area contributed by atoms with Crippen LogP contribution in [-0.2, 0) is 0 Å². The molecule has 0 saturated carbocycles. The molecule has 0 atom stereocenters. The van der Waals surface area contributed by atoms with E-state index in [1.807, 2.05) is 53.1 Å². The van der Waals surface area contributed by atoms with E-state index in [0.717, 1.165) is 45.5 Å². The standard InChI is InChI=1S/C15H15BrN2OS/c16-13-5-6-14(12-4-2-1-3-11(12)13)17-15(19)18-7-9-20-10-8-18/h1-6H,7-10H2,(H,17,19). The summed E-state index contributed by atoms with van der Waals surface area (Å²) in [5, 5.41) is 5.21. The largest absolute Gasteiger partial charge is 0.323 e. The van der Waals surface area contributed by atoms with Gasteiger partial charge >= 0.3 is 6.03 Å². The summed E-state index contributed by atoms with van der Waals surface area (Å²) in [7, 11) is 0. The van der Waals surface area contributed by atoms with Crippen LogP contribution >= 0.6 is 27.7 Å². The van der Waals surface area contributed by atoms with Crippen molar-refractivity contribution in [3.8, 4) is 0 Å². The Bertz CT molecular complexity index is 641. The van der Waals surface area contributed by atoms with Crippen molar-refractivity contribution in [1.82, 2.24) is 4.90 Å². The fraction of sp³-hybridized carbons (Fsp3) is 0.267. The molecule has 0 aromatic heterocycles. The van der Waals surface area contributed by atoms with Gasteiger partial charge < -0.3 is 10.2 Å². The molecule has 20 heavy (non-hydrogen) atoms. The molecule has 3 rings (SSSR count). The van der Waals surface area contributed by atoms with Gasteiger partial charge in [-0.1, -0.05) is 40.2 Å². The molecule has 2 aromatic carbocycles. The van der Waals surface area contributed by atoms with Gasteiger partial charge in [-0.15, -0.1) is 0 Å². The molecular formula is C15H15BrN2OS. The Morgan fingerprint density at radius 1 is 1.10 bits per heavy atom. The van der Waals surface area contributed by atoms with Gasteiger partial charge in [-0.2, -0.15) is 11.8 Å². The van der Waals surface area contributed by atoms with E-state index in [2.05, 4.69) is 21.2 Å². The molecule has 0 bridgehead atoms. The third kappa shape index (κ3) is 2.79. The lowest BCUT2D eigenvalue weighted by Crippen LogP contribution is -2.40. The highest BCUT2D eigenvalue weighted by atomic mass is 79.9. The van der Waals surface area contributed by atoms with E-state index in [4.69, 9.17) is 0 Å².